The third-order valence-electron chi connectivity index (χ3n) is 1.72. The minimum atomic E-state index is 0. The fraction of sp³-hybridized carbons (Fsp3) is 0.846. The second-order valence-electron chi connectivity index (χ2n) is 2.79. The molecule has 1 N–H and O–H groups in total. The predicted octanol–water partition coefficient (Wildman–Crippen LogP) is 3.98. The maximum atomic E-state index is 5.22. The van der Waals surface area contributed by atoms with Crippen molar-refractivity contribution < 1.29 is 4.74 Å². The summed E-state index contributed by atoms with van der Waals surface area (Å²) in [5, 5.41) is 3.26. The van der Waals surface area contributed by atoms with Gasteiger partial charge in [-0.1, -0.05) is 34.8 Å². The molecule has 2 heteroatoms. The zero-order valence-electron chi connectivity index (χ0n) is 10.4. The third kappa shape index (κ3) is 19.8. The molecule has 0 aliphatic rings. The number of allylic oxidation sites excluding steroid dienone is 1. The first-order valence-electron chi connectivity index (χ1n) is 5.80. The highest BCUT2D eigenvalue weighted by Crippen LogP contribution is 1.93. The number of rotatable bonds is 8. The molecule has 0 radical (unpaired) electrons. The molecular weight excluding hydrogens is 186 g/mol. The number of unbranched alkanes of at least 4 members (excludes halogenated alkanes) is 1. The fourth-order valence-corrected chi connectivity index (χ4v) is 0.864. The van der Waals surface area contributed by atoms with Gasteiger partial charge in [-0.05, 0) is 26.2 Å². The lowest BCUT2D eigenvalue weighted by atomic mass is 10.3. The van der Waals surface area contributed by atoms with Gasteiger partial charge in [0, 0.05) is 25.5 Å². The standard InChI is InChI=1S/C10H21NO.C2H6.CH4/c1-4-10(3)11-8-6-7-9-12-5-2;1-2;/h11H,3-9H2,1-2H3;1-2H3;1H4. The average Bonchev–Trinajstić information content (AvgIpc) is 2.25. The van der Waals surface area contributed by atoms with E-state index in [-0.39, 0.29) is 7.43 Å². The lowest BCUT2D eigenvalue weighted by Crippen LogP contribution is -2.13. The van der Waals surface area contributed by atoms with Crippen molar-refractivity contribution in [1.82, 2.24) is 5.32 Å². The van der Waals surface area contributed by atoms with Crippen LogP contribution in [-0.2, 0) is 4.74 Å². The molecule has 0 atom stereocenters. The normalized spacial score (nSPS) is 8.27. The van der Waals surface area contributed by atoms with Crippen molar-refractivity contribution in [3.05, 3.63) is 12.3 Å². The van der Waals surface area contributed by atoms with E-state index in [1.165, 1.54) is 6.42 Å². The summed E-state index contributed by atoms with van der Waals surface area (Å²) >= 11 is 0. The van der Waals surface area contributed by atoms with E-state index < -0.39 is 0 Å². The van der Waals surface area contributed by atoms with Crippen LogP contribution in [0.25, 0.3) is 0 Å². The summed E-state index contributed by atoms with van der Waals surface area (Å²) in [7, 11) is 0. The summed E-state index contributed by atoms with van der Waals surface area (Å²) in [6, 6.07) is 0. The highest BCUT2D eigenvalue weighted by atomic mass is 16.5. The Kier molecular flexibility index (Phi) is 25.5. The molecule has 0 fully saturated rings. The van der Waals surface area contributed by atoms with Crippen LogP contribution in [0.15, 0.2) is 12.3 Å². The second kappa shape index (κ2) is 19.1. The summed E-state index contributed by atoms with van der Waals surface area (Å²) in [5.74, 6) is 0. The van der Waals surface area contributed by atoms with E-state index in [4.69, 9.17) is 4.74 Å². The lowest BCUT2D eigenvalue weighted by Gasteiger charge is -2.06. The van der Waals surface area contributed by atoms with Gasteiger partial charge in [-0.15, -0.1) is 0 Å². The summed E-state index contributed by atoms with van der Waals surface area (Å²) < 4.78 is 5.22. The van der Waals surface area contributed by atoms with Crippen LogP contribution in [-0.4, -0.2) is 19.8 Å². The summed E-state index contributed by atoms with van der Waals surface area (Å²) in [6.07, 6.45) is 3.32. The topological polar surface area (TPSA) is 21.3 Å². The smallest absolute Gasteiger partial charge is 0.0466 e. The van der Waals surface area contributed by atoms with Crippen molar-refractivity contribution in [1.29, 1.82) is 0 Å². The van der Waals surface area contributed by atoms with Gasteiger partial charge in [0.15, 0.2) is 0 Å². The quantitative estimate of drug-likeness (QED) is 0.621. The zero-order chi connectivity index (χ0) is 11.2. The van der Waals surface area contributed by atoms with Gasteiger partial charge in [-0.2, -0.15) is 0 Å². The molecule has 0 bridgehead atoms. The minimum absolute atomic E-state index is 0. The van der Waals surface area contributed by atoms with E-state index in [0.29, 0.717) is 0 Å². The summed E-state index contributed by atoms with van der Waals surface area (Å²) in [4.78, 5) is 0. The number of hydrogen-bond donors (Lipinski definition) is 1. The monoisotopic (exact) mass is 217 g/mol. The second-order valence-corrected chi connectivity index (χ2v) is 2.79. The Hall–Kier alpha value is -0.500. The van der Waals surface area contributed by atoms with Crippen LogP contribution < -0.4 is 5.32 Å². The van der Waals surface area contributed by atoms with E-state index in [0.717, 1.165) is 38.3 Å². The molecule has 0 aromatic rings. The van der Waals surface area contributed by atoms with E-state index in [1.54, 1.807) is 0 Å². The minimum Gasteiger partial charge on any atom is -0.389 e. The first-order valence-corrected chi connectivity index (χ1v) is 5.80. The van der Waals surface area contributed by atoms with Crippen LogP contribution in [0.5, 0.6) is 0 Å². The molecule has 94 valence electrons. The molecule has 0 amide bonds. The van der Waals surface area contributed by atoms with Gasteiger partial charge >= 0.3 is 0 Å². The molecule has 0 spiro atoms. The van der Waals surface area contributed by atoms with Crippen LogP contribution in [0, 0.1) is 0 Å². The van der Waals surface area contributed by atoms with Crippen molar-refractivity contribution in [3.8, 4) is 0 Å². The first-order chi connectivity index (χ1) is 6.81. The molecule has 0 aromatic carbocycles. The van der Waals surface area contributed by atoms with E-state index in [1.807, 2.05) is 20.8 Å². The van der Waals surface area contributed by atoms with Crippen LogP contribution >= 0.6 is 0 Å². The Morgan fingerprint density at radius 2 is 1.80 bits per heavy atom. The van der Waals surface area contributed by atoms with Crippen LogP contribution in [0.3, 0.4) is 0 Å². The fourth-order valence-electron chi connectivity index (χ4n) is 0.864. The lowest BCUT2D eigenvalue weighted by molar-refractivity contribution is 0.143. The van der Waals surface area contributed by atoms with Crippen molar-refractivity contribution >= 4 is 0 Å². The Bertz CT molecular complexity index is 113. The molecule has 0 aromatic heterocycles. The molecule has 0 rings (SSSR count). The number of hydrogen-bond acceptors (Lipinski definition) is 2. The van der Waals surface area contributed by atoms with Gasteiger partial charge in [-0.25, -0.2) is 0 Å². The largest absolute Gasteiger partial charge is 0.389 e. The van der Waals surface area contributed by atoms with Crippen LogP contribution in [0.1, 0.15) is 54.4 Å². The highest BCUT2D eigenvalue weighted by molar-refractivity contribution is 4.88. The molecule has 15 heavy (non-hydrogen) atoms. The van der Waals surface area contributed by atoms with E-state index in [2.05, 4.69) is 18.8 Å². The molecule has 0 aliphatic heterocycles. The first kappa shape index (κ1) is 20.0. The zero-order valence-corrected chi connectivity index (χ0v) is 10.4. The SMILES string of the molecule is C.C=C(CC)NCCCCOCC.CC. The number of ether oxygens (including phenoxy) is 1. The molecule has 0 aliphatic carbocycles. The van der Waals surface area contributed by atoms with Crippen molar-refractivity contribution in [3.63, 3.8) is 0 Å². The molecule has 0 saturated carbocycles. The van der Waals surface area contributed by atoms with Gasteiger partial charge in [0.2, 0.25) is 0 Å². The van der Waals surface area contributed by atoms with Crippen molar-refractivity contribution in [2.45, 2.75) is 54.4 Å². The Labute approximate surface area is 97.1 Å². The maximum Gasteiger partial charge on any atom is 0.0466 e. The summed E-state index contributed by atoms with van der Waals surface area (Å²) in [6.45, 7) is 14.7. The van der Waals surface area contributed by atoms with Gasteiger partial charge in [-0.3, -0.25) is 0 Å². The summed E-state index contributed by atoms with van der Waals surface area (Å²) in [5.41, 5.74) is 1.13. The Morgan fingerprint density at radius 1 is 1.20 bits per heavy atom. The van der Waals surface area contributed by atoms with Crippen LogP contribution in [0.4, 0.5) is 0 Å². The molecule has 0 saturated heterocycles. The molecule has 2 nitrogen and oxygen atoms in total. The molecular formula is C13H31NO. The van der Waals surface area contributed by atoms with E-state index >= 15 is 0 Å². The van der Waals surface area contributed by atoms with Crippen molar-refractivity contribution in [2.75, 3.05) is 19.8 Å². The van der Waals surface area contributed by atoms with E-state index in [9.17, 15) is 0 Å². The molecule has 0 heterocycles. The van der Waals surface area contributed by atoms with Gasteiger partial charge in [0.25, 0.3) is 0 Å². The maximum absolute atomic E-state index is 5.22. The van der Waals surface area contributed by atoms with Gasteiger partial charge in [0.05, 0.1) is 0 Å². The number of nitrogens with one attached hydrogen (secondary N) is 1. The van der Waals surface area contributed by atoms with Crippen molar-refractivity contribution in [2.24, 2.45) is 0 Å². The average molecular weight is 217 g/mol. The third-order valence-corrected chi connectivity index (χ3v) is 1.72. The highest BCUT2D eigenvalue weighted by Gasteiger charge is 1.89. The Balaban J connectivity index is -0.000000449. The van der Waals surface area contributed by atoms with Gasteiger partial charge < -0.3 is 10.1 Å². The van der Waals surface area contributed by atoms with Gasteiger partial charge in [0.1, 0.15) is 0 Å². The predicted molar refractivity (Wildman–Crippen MR) is 71.2 cm³/mol. The Morgan fingerprint density at radius 3 is 2.27 bits per heavy atom. The molecule has 0 unspecified atom stereocenters. The van der Waals surface area contributed by atoms with Crippen LogP contribution in [0.2, 0.25) is 0 Å².